The van der Waals surface area contributed by atoms with E-state index < -0.39 is 0 Å². The van der Waals surface area contributed by atoms with E-state index in [0.29, 0.717) is 19.0 Å². The highest BCUT2D eigenvalue weighted by molar-refractivity contribution is 5.81. The van der Waals surface area contributed by atoms with E-state index >= 15 is 0 Å². The second kappa shape index (κ2) is 9.22. The van der Waals surface area contributed by atoms with Crippen molar-refractivity contribution in [2.45, 2.75) is 45.2 Å². The van der Waals surface area contributed by atoms with Crippen molar-refractivity contribution in [1.29, 1.82) is 0 Å². The molecule has 6 heteroatoms. The largest absolute Gasteiger partial charge is 0.356 e. The third-order valence-corrected chi connectivity index (χ3v) is 4.31. The van der Waals surface area contributed by atoms with Gasteiger partial charge in [-0.25, -0.2) is 0 Å². The number of nitrogens with zero attached hydrogens (tertiary/aromatic N) is 3. The van der Waals surface area contributed by atoms with Crippen molar-refractivity contribution in [3.8, 4) is 0 Å². The first-order chi connectivity index (χ1) is 11.2. The Morgan fingerprint density at radius 2 is 1.96 bits per heavy atom. The number of aliphatic imine (C=N–C) groups is 1. The summed E-state index contributed by atoms with van der Waals surface area (Å²) < 4.78 is 2.11. The molecular formula is C17H29N5O. The van der Waals surface area contributed by atoms with E-state index in [1.165, 1.54) is 6.42 Å². The SMILES string of the molecule is CN=C(NCCC(=O)N1CCCCC1C)NCCn1cccc1. The normalized spacial score (nSPS) is 18.8. The Hall–Kier alpha value is -1.98. The third kappa shape index (κ3) is 5.62. The fourth-order valence-electron chi connectivity index (χ4n) is 2.94. The van der Waals surface area contributed by atoms with Crippen molar-refractivity contribution >= 4 is 11.9 Å². The quantitative estimate of drug-likeness (QED) is 0.616. The summed E-state index contributed by atoms with van der Waals surface area (Å²) in [6.07, 6.45) is 8.09. The van der Waals surface area contributed by atoms with E-state index in [-0.39, 0.29) is 5.91 Å². The molecule has 1 aromatic rings. The molecule has 1 aliphatic rings. The zero-order valence-electron chi connectivity index (χ0n) is 14.3. The molecule has 1 amide bonds. The lowest BCUT2D eigenvalue weighted by Crippen LogP contribution is -2.44. The van der Waals surface area contributed by atoms with Crippen LogP contribution in [0.5, 0.6) is 0 Å². The number of carbonyl (C=O) groups is 1. The van der Waals surface area contributed by atoms with Crippen LogP contribution in [-0.4, -0.2) is 54.1 Å². The van der Waals surface area contributed by atoms with Crippen LogP contribution in [0.4, 0.5) is 0 Å². The Morgan fingerprint density at radius 3 is 2.65 bits per heavy atom. The van der Waals surface area contributed by atoms with Gasteiger partial charge in [0.2, 0.25) is 5.91 Å². The molecule has 1 unspecified atom stereocenters. The molecule has 0 bridgehead atoms. The van der Waals surface area contributed by atoms with Gasteiger partial charge in [-0.2, -0.15) is 0 Å². The van der Waals surface area contributed by atoms with E-state index in [1.807, 2.05) is 29.4 Å². The highest BCUT2D eigenvalue weighted by atomic mass is 16.2. The van der Waals surface area contributed by atoms with Gasteiger partial charge in [0, 0.05) is 58.1 Å². The lowest BCUT2D eigenvalue weighted by atomic mass is 10.0. The number of aromatic nitrogens is 1. The van der Waals surface area contributed by atoms with Crippen molar-refractivity contribution in [2.75, 3.05) is 26.7 Å². The van der Waals surface area contributed by atoms with Crippen LogP contribution in [0.3, 0.4) is 0 Å². The standard InChI is InChI=1S/C17H29N5O/c1-15-7-3-4-13-22(15)16(23)8-9-19-17(18-2)20-10-14-21-11-5-6-12-21/h5-6,11-12,15H,3-4,7-10,13-14H2,1-2H3,(H2,18,19,20). The fourth-order valence-corrected chi connectivity index (χ4v) is 2.94. The molecule has 1 atom stereocenters. The highest BCUT2D eigenvalue weighted by Crippen LogP contribution is 2.16. The summed E-state index contributed by atoms with van der Waals surface area (Å²) >= 11 is 0. The molecular weight excluding hydrogens is 290 g/mol. The maximum absolute atomic E-state index is 12.3. The Balaban J connectivity index is 1.64. The maximum atomic E-state index is 12.3. The molecule has 0 aromatic carbocycles. The summed E-state index contributed by atoms with van der Waals surface area (Å²) in [4.78, 5) is 18.5. The minimum absolute atomic E-state index is 0.243. The number of amides is 1. The molecule has 1 saturated heterocycles. The Bertz CT molecular complexity index is 497. The topological polar surface area (TPSA) is 61.7 Å². The molecule has 128 valence electrons. The fraction of sp³-hybridized carbons (Fsp3) is 0.647. The molecule has 6 nitrogen and oxygen atoms in total. The molecule has 0 aliphatic carbocycles. The summed E-state index contributed by atoms with van der Waals surface area (Å²) in [6, 6.07) is 4.41. The van der Waals surface area contributed by atoms with Crippen molar-refractivity contribution in [3.63, 3.8) is 0 Å². The van der Waals surface area contributed by atoms with Crippen LogP contribution in [0.15, 0.2) is 29.5 Å². The van der Waals surface area contributed by atoms with Crippen LogP contribution in [0, 0.1) is 0 Å². The molecule has 1 aliphatic heterocycles. The van der Waals surface area contributed by atoms with Crippen molar-refractivity contribution in [3.05, 3.63) is 24.5 Å². The minimum Gasteiger partial charge on any atom is -0.356 e. The monoisotopic (exact) mass is 319 g/mol. The zero-order chi connectivity index (χ0) is 16.5. The second-order valence-corrected chi connectivity index (χ2v) is 6.03. The predicted molar refractivity (Wildman–Crippen MR) is 93.4 cm³/mol. The summed E-state index contributed by atoms with van der Waals surface area (Å²) in [7, 11) is 1.75. The van der Waals surface area contributed by atoms with E-state index in [4.69, 9.17) is 0 Å². The summed E-state index contributed by atoms with van der Waals surface area (Å²) in [5, 5.41) is 6.48. The van der Waals surface area contributed by atoms with E-state index in [0.717, 1.165) is 38.4 Å². The molecule has 1 fully saturated rings. The van der Waals surface area contributed by atoms with Crippen LogP contribution >= 0.6 is 0 Å². The number of likely N-dealkylation sites (tertiary alicyclic amines) is 1. The van der Waals surface area contributed by atoms with Crippen LogP contribution in [-0.2, 0) is 11.3 Å². The highest BCUT2D eigenvalue weighted by Gasteiger charge is 2.22. The molecule has 2 N–H and O–H groups in total. The molecule has 2 rings (SSSR count). The molecule has 0 saturated carbocycles. The van der Waals surface area contributed by atoms with Gasteiger partial charge in [-0.05, 0) is 38.3 Å². The Morgan fingerprint density at radius 1 is 1.22 bits per heavy atom. The Labute approximate surface area is 139 Å². The first-order valence-corrected chi connectivity index (χ1v) is 8.55. The van der Waals surface area contributed by atoms with Gasteiger partial charge >= 0.3 is 0 Å². The summed E-state index contributed by atoms with van der Waals surface area (Å²) in [5.74, 6) is 0.990. The van der Waals surface area contributed by atoms with Gasteiger partial charge in [0.15, 0.2) is 5.96 Å². The third-order valence-electron chi connectivity index (χ3n) is 4.31. The van der Waals surface area contributed by atoms with Crippen LogP contribution < -0.4 is 10.6 Å². The minimum atomic E-state index is 0.243. The van der Waals surface area contributed by atoms with Crippen LogP contribution in [0.2, 0.25) is 0 Å². The summed E-state index contributed by atoms with van der Waals surface area (Å²) in [6.45, 7) is 5.35. The van der Waals surface area contributed by atoms with Crippen molar-refractivity contribution in [1.82, 2.24) is 20.1 Å². The van der Waals surface area contributed by atoms with Crippen molar-refractivity contribution < 1.29 is 4.79 Å². The Kier molecular flexibility index (Phi) is 6.97. The average molecular weight is 319 g/mol. The lowest BCUT2D eigenvalue weighted by Gasteiger charge is -2.33. The van der Waals surface area contributed by atoms with E-state index in [2.05, 4.69) is 27.1 Å². The van der Waals surface area contributed by atoms with Gasteiger partial charge in [-0.1, -0.05) is 0 Å². The number of nitrogens with one attached hydrogen (secondary N) is 2. The van der Waals surface area contributed by atoms with Crippen LogP contribution in [0.1, 0.15) is 32.6 Å². The summed E-state index contributed by atoms with van der Waals surface area (Å²) in [5.41, 5.74) is 0. The van der Waals surface area contributed by atoms with Gasteiger partial charge in [0.25, 0.3) is 0 Å². The van der Waals surface area contributed by atoms with Gasteiger partial charge in [-0.3, -0.25) is 9.79 Å². The average Bonchev–Trinajstić information content (AvgIpc) is 3.07. The number of hydrogen-bond acceptors (Lipinski definition) is 2. The van der Waals surface area contributed by atoms with E-state index in [1.54, 1.807) is 7.05 Å². The van der Waals surface area contributed by atoms with Crippen LogP contribution in [0.25, 0.3) is 0 Å². The van der Waals surface area contributed by atoms with Gasteiger partial charge in [0.05, 0.1) is 0 Å². The van der Waals surface area contributed by atoms with Gasteiger partial charge in [0.1, 0.15) is 0 Å². The molecule has 2 heterocycles. The van der Waals surface area contributed by atoms with E-state index in [9.17, 15) is 4.79 Å². The molecule has 0 radical (unpaired) electrons. The first-order valence-electron chi connectivity index (χ1n) is 8.55. The van der Waals surface area contributed by atoms with Gasteiger partial charge < -0.3 is 20.1 Å². The second-order valence-electron chi connectivity index (χ2n) is 6.03. The number of guanidine groups is 1. The number of piperidine rings is 1. The molecule has 0 spiro atoms. The number of hydrogen-bond donors (Lipinski definition) is 2. The maximum Gasteiger partial charge on any atom is 0.224 e. The first kappa shape index (κ1) is 17.4. The lowest BCUT2D eigenvalue weighted by molar-refractivity contribution is -0.134. The molecule has 23 heavy (non-hydrogen) atoms. The molecule has 1 aromatic heterocycles. The zero-order valence-corrected chi connectivity index (χ0v) is 14.3. The van der Waals surface area contributed by atoms with Gasteiger partial charge in [-0.15, -0.1) is 0 Å². The van der Waals surface area contributed by atoms with Crippen molar-refractivity contribution in [2.24, 2.45) is 4.99 Å². The number of carbonyl (C=O) groups excluding carboxylic acids is 1. The smallest absolute Gasteiger partial charge is 0.224 e. The predicted octanol–water partition coefficient (Wildman–Crippen LogP) is 1.44. The number of rotatable bonds is 6.